The fourth-order valence-corrected chi connectivity index (χ4v) is 4.02. The minimum absolute atomic E-state index is 0.204. The molecule has 10 heteroatoms. The number of fused-ring (bicyclic) bond motifs is 1. The summed E-state index contributed by atoms with van der Waals surface area (Å²) >= 11 is 1.44. The van der Waals surface area contributed by atoms with Crippen molar-refractivity contribution in [2.75, 3.05) is 12.3 Å². The van der Waals surface area contributed by atoms with Gasteiger partial charge in [-0.25, -0.2) is 14.8 Å². The third kappa shape index (κ3) is 3.16. The minimum atomic E-state index is -0.766. The zero-order valence-corrected chi connectivity index (χ0v) is 17.0. The van der Waals surface area contributed by atoms with Crippen LogP contribution < -0.4 is 21.7 Å². The van der Waals surface area contributed by atoms with E-state index >= 15 is 0 Å². The number of nitrogen functional groups attached to an aromatic ring is 1. The van der Waals surface area contributed by atoms with Gasteiger partial charge in [0.2, 0.25) is 11.7 Å². The number of nitrogens with zero attached hydrogens (tertiary/aromatic N) is 4. The van der Waals surface area contributed by atoms with Crippen LogP contribution in [-0.2, 0) is 14.1 Å². The molecule has 0 spiro atoms. The fourth-order valence-electron chi connectivity index (χ4n) is 3.12. The number of anilines is 1. The normalized spacial score (nSPS) is 11.0. The Morgan fingerprint density at radius 2 is 1.87 bits per heavy atom. The Kier molecular flexibility index (Phi) is 4.92. The molecule has 0 aliphatic heterocycles. The van der Waals surface area contributed by atoms with Gasteiger partial charge in [-0.15, -0.1) is 11.3 Å². The fraction of sp³-hybridized carbons (Fsp3) is 0.150. The van der Waals surface area contributed by atoms with Crippen LogP contribution in [-0.4, -0.2) is 31.5 Å². The molecule has 3 aromatic heterocycles. The van der Waals surface area contributed by atoms with Crippen LogP contribution in [0.5, 0.6) is 5.88 Å². The van der Waals surface area contributed by atoms with E-state index in [0.717, 1.165) is 20.3 Å². The van der Waals surface area contributed by atoms with Gasteiger partial charge in [-0.3, -0.25) is 18.7 Å². The smallest absolute Gasteiger partial charge is 0.332 e. The summed E-state index contributed by atoms with van der Waals surface area (Å²) in [5.41, 5.74) is 6.02. The molecule has 9 nitrogen and oxygen atoms in total. The number of carbonyl (C=O) groups is 1. The first-order chi connectivity index (χ1) is 14.4. The Morgan fingerprint density at radius 3 is 2.60 bits per heavy atom. The highest BCUT2D eigenvalue weighted by Gasteiger charge is 2.22. The van der Waals surface area contributed by atoms with Gasteiger partial charge < -0.3 is 10.5 Å². The molecule has 0 bridgehead atoms. The molecule has 30 heavy (non-hydrogen) atoms. The summed E-state index contributed by atoms with van der Waals surface area (Å²) < 4.78 is 7.57. The standard InChI is InChI=1S/C20H17N5O4S/c1-24-16(21)15(19(27)25(2)20(24)28)13(26)8-29-17-14-12(11-6-4-3-5-7-11)9-30-18(14)23-10-22-17/h3-7,9-10H,8,21H2,1-2H3. The van der Waals surface area contributed by atoms with Crippen LogP contribution in [0.2, 0.25) is 0 Å². The van der Waals surface area contributed by atoms with Gasteiger partial charge in [0.25, 0.3) is 5.56 Å². The number of hydrogen-bond donors (Lipinski definition) is 1. The Bertz CT molecular complexity index is 1390. The van der Waals surface area contributed by atoms with Gasteiger partial charge in [-0.1, -0.05) is 30.3 Å². The summed E-state index contributed by atoms with van der Waals surface area (Å²) in [5, 5.41) is 2.63. The summed E-state index contributed by atoms with van der Waals surface area (Å²) in [5.74, 6) is -0.620. The second kappa shape index (κ2) is 7.56. The van der Waals surface area contributed by atoms with Gasteiger partial charge in [-0.2, -0.15) is 0 Å². The van der Waals surface area contributed by atoms with E-state index in [4.69, 9.17) is 10.5 Å². The molecule has 4 rings (SSSR count). The van der Waals surface area contributed by atoms with Crippen LogP contribution in [0.4, 0.5) is 5.82 Å². The van der Waals surface area contributed by atoms with Crippen molar-refractivity contribution in [1.29, 1.82) is 0 Å². The molecule has 0 aliphatic carbocycles. The molecule has 1 aromatic carbocycles. The maximum absolute atomic E-state index is 12.7. The Morgan fingerprint density at radius 1 is 1.13 bits per heavy atom. The lowest BCUT2D eigenvalue weighted by molar-refractivity contribution is 0.0917. The van der Waals surface area contributed by atoms with E-state index < -0.39 is 23.6 Å². The van der Waals surface area contributed by atoms with E-state index in [9.17, 15) is 14.4 Å². The number of hydrogen-bond acceptors (Lipinski definition) is 8. The van der Waals surface area contributed by atoms with Gasteiger partial charge in [0, 0.05) is 25.0 Å². The summed E-state index contributed by atoms with van der Waals surface area (Å²) in [6.45, 7) is -0.464. The zero-order valence-electron chi connectivity index (χ0n) is 16.2. The van der Waals surface area contributed by atoms with Crippen molar-refractivity contribution >= 4 is 33.2 Å². The largest absolute Gasteiger partial charge is 0.469 e. The Hall–Kier alpha value is -3.79. The van der Waals surface area contributed by atoms with Crippen molar-refractivity contribution in [3.8, 4) is 17.0 Å². The summed E-state index contributed by atoms with van der Waals surface area (Å²) in [7, 11) is 2.67. The maximum atomic E-state index is 12.7. The molecule has 0 unspecified atom stereocenters. The number of ether oxygens (including phenoxy) is 1. The van der Waals surface area contributed by atoms with E-state index in [0.29, 0.717) is 10.2 Å². The average Bonchev–Trinajstić information content (AvgIpc) is 3.20. The van der Waals surface area contributed by atoms with Gasteiger partial charge in [0.1, 0.15) is 22.5 Å². The molecule has 0 fully saturated rings. The van der Waals surface area contributed by atoms with Crippen molar-refractivity contribution in [3.05, 3.63) is 68.4 Å². The quantitative estimate of drug-likeness (QED) is 0.484. The van der Waals surface area contributed by atoms with E-state index in [-0.39, 0.29) is 17.3 Å². The first-order valence-electron chi connectivity index (χ1n) is 8.89. The topological polar surface area (TPSA) is 122 Å². The number of thiophene rings is 1. The molecular weight excluding hydrogens is 406 g/mol. The molecule has 0 saturated carbocycles. The van der Waals surface area contributed by atoms with Crippen LogP contribution in [0, 0.1) is 0 Å². The lowest BCUT2D eigenvalue weighted by Gasteiger charge is -2.11. The van der Waals surface area contributed by atoms with Crippen LogP contribution in [0.3, 0.4) is 0 Å². The van der Waals surface area contributed by atoms with Crippen molar-refractivity contribution < 1.29 is 9.53 Å². The molecule has 0 saturated heterocycles. The average molecular weight is 423 g/mol. The molecule has 152 valence electrons. The lowest BCUT2D eigenvalue weighted by Crippen LogP contribution is -2.42. The zero-order chi connectivity index (χ0) is 21.4. The predicted molar refractivity (Wildman–Crippen MR) is 114 cm³/mol. The number of ketones is 1. The second-order valence-electron chi connectivity index (χ2n) is 6.55. The van der Waals surface area contributed by atoms with Crippen LogP contribution in [0.15, 0.2) is 51.6 Å². The van der Waals surface area contributed by atoms with Gasteiger partial charge in [0.15, 0.2) is 6.61 Å². The number of carbonyl (C=O) groups excluding carboxylic acids is 1. The molecule has 0 aliphatic rings. The summed E-state index contributed by atoms with van der Waals surface area (Å²) in [4.78, 5) is 46.2. The third-order valence-corrected chi connectivity index (χ3v) is 5.64. The molecule has 3 heterocycles. The van der Waals surface area contributed by atoms with Crippen LogP contribution >= 0.6 is 11.3 Å². The van der Waals surface area contributed by atoms with E-state index in [1.165, 1.54) is 31.8 Å². The lowest BCUT2D eigenvalue weighted by atomic mass is 10.1. The number of Topliss-reactive ketones (excluding diaryl/α,β-unsaturated/α-hetero) is 1. The summed E-state index contributed by atoms with van der Waals surface area (Å²) in [6, 6.07) is 9.68. The van der Waals surface area contributed by atoms with Crippen molar-refractivity contribution in [2.45, 2.75) is 0 Å². The maximum Gasteiger partial charge on any atom is 0.332 e. The predicted octanol–water partition coefficient (Wildman–Crippen LogP) is 1.60. The van der Waals surface area contributed by atoms with Crippen molar-refractivity contribution in [1.82, 2.24) is 19.1 Å². The monoisotopic (exact) mass is 423 g/mol. The van der Waals surface area contributed by atoms with Gasteiger partial charge >= 0.3 is 5.69 Å². The highest BCUT2D eigenvalue weighted by atomic mass is 32.1. The number of nitrogens with two attached hydrogens (primary N) is 1. The van der Waals surface area contributed by atoms with E-state index in [1.807, 2.05) is 35.7 Å². The number of benzene rings is 1. The van der Waals surface area contributed by atoms with Crippen molar-refractivity contribution in [2.24, 2.45) is 14.1 Å². The molecule has 0 amide bonds. The van der Waals surface area contributed by atoms with Gasteiger partial charge in [0.05, 0.1) is 5.39 Å². The first kappa shape index (κ1) is 19.5. The highest BCUT2D eigenvalue weighted by Crippen LogP contribution is 2.37. The van der Waals surface area contributed by atoms with E-state index in [1.54, 1.807) is 0 Å². The number of aromatic nitrogens is 4. The van der Waals surface area contributed by atoms with Gasteiger partial charge in [-0.05, 0) is 5.56 Å². The summed E-state index contributed by atoms with van der Waals surface area (Å²) in [6.07, 6.45) is 1.35. The Labute approximate surface area is 174 Å². The molecule has 0 radical (unpaired) electrons. The minimum Gasteiger partial charge on any atom is -0.469 e. The number of rotatable bonds is 5. The molecule has 4 aromatic rings. The van der Waals surface area contributed by atoms with Crippen LogP contribution in [0.25, 0.3) is 21.3 Å². The molecular formula is C20H17N5O4S. The molecule has 0 atom stereocenters. The second-order valence-corrected chi connectivity index (χ2v) is 7.41. The first-order valence-corrected chi connectivity index (χ1v) is 9.77. The Balaban J connectivity index is 1.70. The highest BCUT2D eigenvalue weighted by molar-refractivity contribution is 7.17. The van der Waals surface area contributed by atoms with E-state index in [2.05, 4.69) is 9.97 Å². The van der Waals surface area contributed by atoms with Crippen molar-refractivity contribution in [3.63, 3.8) is 0 Å². The van der Waals surface area contributed by atoms with Crippen LogP contribution in [0.1, 0.15) is 10.4 Å². The SMILES string of the molecule is Cn1c(N)c(C(=O)COc2ncnc3scc(-c4ccccc4)c23)c(=O)n(C)c1=O. The molecule has 2 N–H and O–H groups in total. The third-order valence-electron chi connectivity index (χ3n) is 4.75.